The molecule has 212 valence electrons. The highest BCUT2D eigenvalue weighted by molar-refractivity contribution is 9.10. The predicted molar refractivity (Wildman–Crippen MR) is 136 cm³/mol. The molecule has 0 bridgehead atoms. The van der Waals surface area contributed by atoms with Crippen molar-refractivity contribution in [2.24, 2.45) is 0 Å². The number of anilines is 1. The molecule has 1 unspecified atom stereocenters. The van der Waals surface area contributed by atoms with E-state index < -0.39 is 22.2 Å². The number of alkyl halides is 3. The molecule has 0 aliphatic carbocycles. The van der Waals surface area contributed by atoms with E-state index in [0.717, 1.165) is 29.5 Å². The van der Waals surface area contributed by atoms with Crippen LogP contribution in [0.5, 0.6) is 0 Å². The Kier molecular flexibility index (Phi) is 11.6. The Morgan fingerprint density at radius 3 is 2.51 bits per heavy atom. The van der Waals surface area contributed by atoms with Crippen molar-refractivity contribution < 1.29 is 41.0 Å². The van der Waals surface area contributed by atoms with Gasteiger partial charge in [-0.05, 0) is 59.0 Å². The SMILES string of the molecule is CC(C)OCC1CN(c2cc(Br)ccc2S(=O)(=O)N2CCC[C@H]2CN(C)C)CCO1.O=C(O)C(F)(F)F. The summed E-state index contributed by atoms with van der Waals surface area (Å²) in [5.41, 5.74) is 0.734. The minimum Gasteiger partial charge on any atom is -0.475 e. The fourth-order valence-electron chi connectivity index (χ4n) is 4.15. The van der Waals surface area contributed by atoms with Gasteiger partial charge in [0.25, 0.3) is 0 Å². The second kappa shape index (κ2) is 13.6. The number of likely N-dealkylation sites (N-methyl/N-ethyl adjacent to an activating group) is 1. The first kappa shape index (κ1) is 31.8. The number of hydrogen-bond acceptors (Lipinski definition) is 7. The molecule has 2 atom stereocenters. The third kappa shape index (κ3) is 9.36. The first-order valence-electron chi connectivity index (χ1n) is 11.9. The Morgan fingerprint density at radius 2 is 1.95 bits per heavy atom. The van der Waals surface area contributed by atoms with Gasteiger partial charge in [0.15, 0.2) is 0 Å². The summed E-state index contributed by atoms with van der Waals surface area (Å²) in [6.07, 6.45) is -3.23. The molecule has 2 saturated heterocycles. The van der Waals surface area contributed by atoms with E-state index in [1.165, 1.54) is 0 Å². The van der Waals surface area contributed by atoms with Crippen LogP contribution in [0.4, 0.5) is 18.9 Å². The van der Waals surface area contributed by atoms with Gasteiger partial charge in [-0.2, -0.15) is 17.5 Å². The average Bonchev–Trinajstić information content (AvgIpc) is 3.26. The van der Waals surface area contributed by atoms with E-state index in [1.54, 1.807) is 10.4 Å². The van der Waals surface area contributed by atoms with Crippen molar-refractivity contribution in [3.8, 4) is 0 Å². The van der Waals surface area contributed by atoms with Crippen molar-refractivity contribution in [3.63, 3.8) is 0 Å². The van der Waals surface area contributed by atoms with E-state index in [2.05, 4.69) is 25.7 Å². The Labute approximate surface area is 224 Å². The van der Waals surface area contributed by atoms with Gasteiger partial charge in [-0.25, -0.2) is 13.2 Å². The van der Waals surface area contributed by atoms with E-state index >= 15 is 0 Å². The summed E-state index contributed by atoms with van der Waals surface area (Å²) in [5, 5.41) is 7.12. The summed E-state index contributed by atoms with van der Waals surface area (Å²) >= 11 is 3.53. The number of ether oxygens (including phenoxy) is 2. The van der Waals surface area contributed by atoms with Crippen LogP contribution in [0.3, 0.4) is 0 Å². The third-order valence-corrected chi connectivity index (χ3v) is 8.24. The summed E-state index contributed by atoms with van der Waals surface area (Å²) in [4.78, 5) is 13.4. The highest BCUT2D eigenvalue weighted by Crippen LogP contribution is 2.35. The quantitative estimate of drug-likeness (QED) is 0.474. The van der Waals surface area contributed by atoms with Gasteiger partial charge in [0, 0.05) is 36.7 Å². The van der Waals surface area contributed by atoms with Crippen molar-refractivity contribution >= 4 is 37.6 Å². The lowest BCUT2D eigenvalue weighted by molar-refractivity contribution is -0.192. The largest absolute Gasteiger partial charge is 0.490 e. The molecule has 0 saturated carbocycles. The monoisotopic (exact) mass is 617 g/mol. The summed E-state index contributed by atoms with van der Waals surface area (Å²) in [7, 11) is 0.373. The van der Waals surface area contributed by atoms with Crippen LogP contribution in [-0.4, -0.2) is 107 Å². The molecule has 9 nitrogen and oxygen atoms in total. The molecule has 0 spiro atoms. The molecule has 3 rings (SSSR count). The number of aliphatic carboxylic acids is 1. The fraction of sp³-hybridized carbons (Fsp3) is 0.696. The molecule has 0 aromatic heterocycles. The zero-order chi connectivity index (χ0) is 28.0. The van der Waals surface area contributed by atoms with Crippen molar-refractivity contribution in [1.29, 1.82) is 0 Å². The van der Waals surface area contributed by atoms with E-state index in [9.17, 15) is 21.6 Å². The second-order valence-electron chi connectivity index (χ2n) is 9.41. The van der Waals surface area contributed by atoms with Crippen molar-refractivity contribution in [1.82, 2.24) is 9.21 Å². The lowest BCUT2D eigenvalue weighted by atomic mass is 10.2. The van der Waals surface area contributed by atoms with Crippen LogP contribution < -0.4 is 4.90 Å². The summed E-state index contributed by atoms with van der Waals surface area (Å²) in [5.74, 6) is -2.76. The van der Waals surface area contributed by atoms with Crippen LogP contribution in [0, 0.1) is 0 Å². The topological polar surface area (TPSA) is 99.6 Å². The van der Waals surface area contributed by atoms with Gasteiger partial charge in [-0.15, -0.1) is 0 Å². The zero-order valence-electron chi connectivity index (χ0n) is 21.4. The molecule has 2 heterocycles. The van der Waals surface area contributed by atoms with Crippen LogP contribution in [0.2, 0.25) is 0 Å². The van der Waals surface area contributed by atoms with Gasteiger partial charge in [0.05, 0.1) is 31.1 Å². The summed E-state index contributed by atoms with van der Waals surface area (Å²) in [6, 6.07) is 5.47. The molecule has 2 fully saturated rings. The van der Waals surface area contributed by atoms with Crippen LogP contribution in [0.1, 0.15) is 26.7 Å². The molecule has 0 radical (unpaired) electrons. The van der Waals surface area contributed by atoms with Crippen LogP contribution in [0.25, 0.3) is 0 Å². The Bertz CT molecular complexity index is 1010. The molecule has 0 amide bonds. The maximum Gasteiger partial charge on any atom is 0.490 e. The minimum atomic E-state index is -5.08. The number of nitrogens with zero attached hydrogens (tertiary/aromatic N) is 3. The van der Waals surface area contributed by atoms with Gasteiger partial charge < -0.3 is 24.4 Å². The van der Waals surface area contributed by atoms with Gasteiger partial charge in [0.2, 0.25) is 10.0 Å². The number of morpholine rings is 1. The molecule has 1 N–H and O–H groups in total. The zero-order valence-corrected chi connectivity index (χ0v) is 23.8. The van der Waals surface area contributed by atoms with Gasteiger partial charge in [-0.3, -0.25) is 0 Å². The maximum atomic E-state index is 13.7. The Morgan fingerprint density at radius 1 is 1.30 bits per heavy atom. The molecule has 2 aliphatic rings. The molecular formula is C23H35BrF3N3O6S. The molecule has 1 aromatic rings. The number of rotatable bonds is 8. The van der Waals surface area contributed by atoms with Crippen LogP contribution in [-0.2, 0) is 24.3 Å². The van der Waals surface area contributed by atoms with Crippen molar-refractivity contribution in [2.45, 2.75) is 56.0 Å². The minimum absolute atomic E-state index is 0.0124. The van der Waals surface area contributed by atoms with Gasteiger partial charge in [0.1, 0.15) is 4.90 Å². The summed E-state index contributed by atoms with van der Waals surface area (Å²) in [6.45, 7) is 7.61. The fourth-order valence-corrected chi connectivity index (χ4v) is 6.38. The number of sulfonamides is 1. The normalized spacial score (nSPS) is 21.3. The number of halogens is 4. The van der Waals surface area contributed by atoms with Crippen molar-refractivity contribution in [3.05, 3.63) is 22.7 Å². The smallest absolute Gasteiger partial charge is 0.475 e. The third-order valence-electron chi connectivity index (χ3n) is 5.74. The molecule has 37 heavy (non-hydrogen) atoms. The number of benzene rings is 1. The standard InChI is InChI=1S/C21H34BrN3O4S.C2HF3O2/c1-16(2)29-15-19-14-24(10-11-28-19)20-12-17(22)7-8-21(20)30(26,27)25-9-5-6-18(25)13-23(3)4;3-2(4,5)1(6)7/h7-8,12,16,18-19H,5-6,9-11,13-15H2,1-4H3;(H,6,7)/t18-,19?;/m0./s1. The second-order valence-corrected chi connectivity index (χ2v) is 12.2. The summed E-state index contributed by atoms with van der Waals surface area (Å²) < 4.78 is 73.3. The van der Waals surface area contributed by atoms with E-state index in [0.29, 0.717) is 37.7 Å². The van der Waals surface area contributed by atoms with Crippen LogP contribution >= 0.6 is 15.9 Å². The highest BCUT2D eigenvalue weighted by Gasteiger charge is 2.39. The molecule has 14 heteroatoms. The Hall–Kier alpha value is -1.45. The van der Waals surface area contributed by atoms with Gasteiger partial charge in [-0.1, -0.05) is 15.9 Å². The lowest BCUT2D eigenvalue weighted by Gasteiger charge is -2.36. The van der Waals surface area contributed by atoms with Crippen molar-refractivity contribution in [2.75, 3.05) is 58.4 Å². The van der Waals surface area contributed by atoms with Crippen LogP contribution in [0.15, 0.2) is 27.6 Å². The average molecular weight is 619 g/mol. The van der Waals surface area contributed by atoms with E-state index in [1.807, 2.05) is 40.1 Å². The molecule has 2 aliphatic heterocycles. The van der Waals surface area contributed by atoms with E-state index in [-0.39, 0.29) is 18.2 Å². The molecule has 1 aromatic carbocycles. The maximum absolute atomic E-state index is 13.7. The highest BCUT2D eigenvalue weighted by atomic mass is 79.9. The first-order valence-corrected chi connectivity index (χ1v) is 14.1. The molecular weight excluding hydrogens is 583 g/mol. The predicted octanol–water partition coefficient (Wildman–Crippen LogP) is 3.43. The number of hydrogen-bond donors (Lipinski definition) is 1. The van der Waals surface area contributed by atoms with E-state index in [4.69, 9.17) is 19.4 Å². The first-order chi connectivity index (χ1) is 17.1. The van der Waals surface area contributed by atoms with Gasteiger partial charge >= 0.3 is 12.1 Å². The number of carboxylic acid groups (broad SMARTS) is 1. The number of carboxylic acids is 1. The lowest BCUT2D eigenvalue weighted by Crippen LogP contribution is -2.46. The number of carbonyl (C=O) groups is 1. The Balaban J connectivity index is 0.000000604.